The van der Waals surface area contributed by atoms with Crippen LogP contribution in [0.3, 0.4) is 0 Å². The van der Waals surface area contributed by atoms with Crippen LogP contribution in [0.2, 0.25) is 0 Å². The fraction of sp³-hybridized carbons (Fsp3) is 1.00. The summed E-state index contributed by atoms with van der Waals surface area (Å²) in [5, 5.41) is 0. The first-order chi connectivity index (χ1) is 2.39. The van der Waals surface area contributed by atoms with Gasteiger partial charge in [-0.2, -0.15) is 0 Å². The van der Waals surface area contributed by atoms with Gasteiger partial charge in [-0.1, -0.05) is 0 Å². The van der Waals surface area contributed by atoms with E-state index in [0.29, 0.717) is 21.5 Å². The molecule has 0 aliphatic carbocycles. The molecule has 40 valence electrons. The molecule has 0 bridgehead atoms. The quantitative estimate of drug-likeness (QED) is 0.258. The summed E-state index contributed by atoms with van der Waals surface area (Å²) in [5.74, 6) is 0. The Balaban J connectivity index is 0.000000250. The van der Waals surface area contributed by atoms with Gasteiger partial charge in [-0.25, -0.2) is 0 Å². The van der Waals surface area contributed by atoms with Crippen molar-refractivity contribution in [1.82, 2.24) is 0 Å². The standard InChI is InChI=1S/C3H8IN.HI/c1-5-3-2-4-5;/h5H,2-3H2,1H3;1H/p-1. The second-order valence-corrected chi connectivity index (χ2v) is 4.93. The molecule has 1 atom stereocenters. The van der Waals surface area contributed by atoms with Crippen LogP contribution in [0.4, 0.5) is 0 Å². The van der Waals surface area contributed by atoms with Gasteiger partial charge in [0.1, 0.15) is 0 Å². The van der Waals surface area contributed by atoms with Crippen molar-refractivity contribution >= 4 is 0 Å². The van der Waals surface area contributed by atoms with E-state index in [4.69, 9.17) is 0 Å². The van der Waals surface area contributed by atoms with Crippen molar-refractivity contribution in [2.45, 2.75) is 0 Å². The molecule has 1 fully saturated rings. The zero-order chi connectivity index (χ0) is 3.70. The summed E-state index contributed by atoms with van der Waals surface area (Å²) in [6, 6.07) is 0. The van der Waals surface area contributed by atoms with Crippen LogP contribution in [0, 0.1) is 0 Å². The Bertz CT molecular complexity index is 35.8. The molecule has 1 nitrogen and oxygen atoms in total. The zero-order valence-corrected chi connectivity index (χ0v) is 7.99. The topological polar surface area (TPSA) is 4.44 Å². The summed E-state index contributed by atoms with van der Waals surface area (Å²) in [6.07, 6.45) is 0. The molecule has 1 rings (SSSR count). The van der Waals surface area contributed by atoms with Crippen LogP contribution in [-0.2, 0) is 0 Å². The fourth-order valence-electron chi connectivity index (χ4n) is 0.283. The van der Waals surface area contributed by atoms with E-state index in [0.717, 1.165) is 0 Å². The number of nitrogens with one attached hydrogen (secondary N) is 1. The minimum atomic E-state index is 0. The second kappa shape index (κ2) is 3.43. The second-order valence-electron chi connectivity index (χ2n) is 1.25. The summed E-state index contributed by atoms with van der Waals surface area (Å²) in [4.78, 5) is 0. The monoisotopic (exact) mass is 312 g/mol. The minimum absolute atomic E-state index is 0. The number of rotatable bonds is 0. The predicted molar refractivity (Wildman–Crippen MR) is 16.6 cm³/mol. The van der Waals surface area contributed by atoms with E-state index < -0.39 is 0 Å². The zero-order valence-electron chi connectivity index (χ0n) is 3.67. The molecule has 1 N–H and O–H groups in total. The summed E-state index contributed by atoms with van der Waals surface area (Å²) in [6.45, 7) is 1.45. The minimum Gasteiger partial charge on any atom is -1.00 e. The van der Waals surface area contributed by atoms with Gasteiger partial charge in [0.25, 0.3) is 0 Å². The molecule has 1 heterocycles. The average Bonchev–Trinajstić information content (AvgIpc) is 1.30. The van der Waals surface area contributed by atoms with Gasteiger partial charge in [0.05, 0.1) is 0 Å². The molecular formula is C3H8I2N-. The van der Waals surface area contributed by atoms with Gasteiger partial charge in [-0.05, 0) is 0 Å². The molecule has 0 amide bonds. The molecule has 3 heteroatoms. The summed E-state index contributed by atoms with van der Waals surface area (Å²) in [5.41, 5.74) is 0. The number of halogens is 2. The van der Waals surface area contributed by atoms with Crippen LogP contribution < -0.4 is 48.6 Å². The molecule has 1 aliphatic heterocycles. The molecule has 1 unspecified atom stereocenters. The predicted octanol–water partition coefficient (Wildman–Crippen LogP) is -7.48. The van der Waals surface area contributed by atoms with Gasteiger partial charge in [0.15, 0.2) is 0 Å². The number of hydrogen-bond donors (Lipinski definition) is 1. The van der Waals surface area contributed by atoms with Crippen molar-refractivity contribution in [3.8, 4) is 0 Å². The maximum Gasteiger partial charge on any atom is -1.00 e. The van der Waals surface area contributed by atoms with Crippen molar-refractivity contribution < 1.29 is 48.6 Å². The molecule has 0 radical (unpaired) electrons. The van der Waals surface area contributed by atoms with E-state index >= 15 is 0 Å². The summed E-state index contributed by atoms with van der Waals surface area (Å²) >= 11 is 0.645. The average molecular weight is 312 g/mol. The number of alkyl halides is 1. The normalized spacial score (nSPS) is 31.8. The molecule has 6 heavy (non-hydrogen) atoms. The molecule has 0 aromatic carbocycles. The van der Waals surface area contributed by atoms with E-state index in [-0.39, 0.29) is 24.0 Å². The SMILES string of the molecule is C[NH+]1CC[I-]1.[I-]. The van der Waals surface area contributed by atoms with E-state index in [1.807, 2.05) is 0 Å². The van der Waals surface area contributed by atoms with Crippen molar-refractivity contribution in [3.63, 3.8) is 0 Å². The Kier molecular flexibility index (Phi) is 4.24. The maximum atomic E-state index is 2.27. The Hall–Kier alpha value is 1.42. The first kappa shape index (κ1) is 7.42. The van der Waals surface area contributed by atoms with Crippen molar-refractivity contribution in [1.29, 1.82) is 0 Å². The smallest absolute Gasteiger partial charge is 1.00 e. The van der Waals surface area contributed by atoms with E-state index in [9.17, 15) is 0 Å². The molecule has 0 aromatic rings. The Morgan fingerprint density at radius 2 is 2.00 bits per heavy atom. The van der Waals surface area contributed by atoms with Crippen LogP contribution in [0.15, 0.2) is 0 Å². The van der Waals surface area contributed by atoms with Gasteiger partial charge >= 0.3 is 42.6 Å². The molecule has 0 spiro atoms. The van der Waals surface area contributed by atoms with Gasteiger partial charge < -0.3 is 24.0 Å². The number of hydrogen-bond acceptors (Lipinski definition) is 0. The first-order valence-corrected chi connectivity index (χ1v) is 4.41. The van der Waals surface area contributed by atoms with Crippen molar-refractivity contribution in [2.75, 3.05) is 18.0 Å². The first-order valence-electron chi connectivity index (χ1n) is 1.81. The third-order valence-electron chi connectivity index (χ3n) is 0.762. The molecule has 0 saturated carbocycles. The third kappa shape index (κ3) is 1.92. The fourth-order valence-corrected chi connectivity index (χ4v) is 1.90. The molecule has 1 saturated heterocycles. The van der Waals surface area contributed by atoms with Gasteiger partial charge in [0.2, 0.25) is 0 Å². The van der Waals surface area contributed by atoms with Crippen LogP contribution in [-0.4, -0.2) is 18.0 Å². The van der Waals surface area contributed by atoms with E-state index in [1.165, 1.54) is 6.54 Å². The molecular weight excluding hydrogens is 304 g/mol. The maximum absolute atomic E-state index is 2.27. The van der Waals surface area contributed by atoms with Crippen LogP contribution >= 0.6 is 0 Å². The van der Waals surface area contributed by atoms with Gasteiger partial charge in [-0.15, -0.1) is 0 Å². The summed E-state index contributed by atoms with van der Waals surface area (Å²) in [7, 11) is 2.27. The number of quaternary nitrogens is 1. The van der Waals surface area contributed by atoms with Crippen LogP contribution in [0.5, 0.6) is 0 Å². The van der Waals surface area contributed by atoms with Gasteiger partial charge in [-0.3, -0.25) is 0 Å². The largest absolute Gasteiger partial charge is 1.00 e. The van der Waals surface area contributed by atoms with Crippen LogP contribution in [0.25, 0.3) is 0 Å². The summed E-state index contributed by atoms with van der Waals surface area (Å²) < 4.78 is 3.36. The Labute approximate surface area is 66.1 Å². The molecule has 1 aliphatic rings. The Morgan fingerprint density at radius 3 is 2.00 bits per heavy atom. The van der Waals surface area contributed by atoms with Gasteiger partial charge in [0, 0.05) is 0 Å². The van der Waals surface area contributed by atoms with E-state index in [2.05, 4.69) is 7.05 Å². The van der Waals surface area contributed by atoms with E-state index in [1.54, 1.807) is 7.54 Å². The Morgan fingerprint density at radius 1 is 1.67 bits per heavy atom. The van der Waals surface area contributed by atoms with Crippen molar-refractivity contribution in [2.24, 2.45) is 0 Å². The van der Waals surface area contributed by atoms with Crippen LogP contribution in [0.1, 0.15) is 0 Å². The van der Waals surface area contributed by atoms with Crippen molar-refractivity contribution in [3.05, 3.63) is 0 Å². The third-order valence-corrected chi connectivity index (χ3v) is 3.68. The molecule has 0 aromatic heterocycles.